The number of aliphatic hydroxyl groups excluding tert-OH is 1. The van der Waals surface area contributed by atoms with Crippen LogP contribution in [0.1, 0.15) is 31.9 Å². The van der Waals surface area contributed by atoms with Gasteiger partial charge in [-0.3, -0.25) is 0 Å². The van der Waals surface area contributed by atoms with E-state index in [2.05, 4.69) is 58.2 Å². The third-order valence-corrected chi connectivity index (χ3v) is 6.15. The first-order valence-electron chi connectivity index (χ1n) is 11.0. The van der Waals surface area contributed by atoms with E-state index >= 15 is 0 Å². The molecule has 0 radical (unpaired) electrons. The Balaban J connectivity index is 1.44. The van der Waals surface area contributed by atoms with Crippen molar-refractivity contribution in [3.8, 4) is 5.69 Å². The van der Waals surface area contributed by atoms with Crippen LogP contribution < -0.4 is 15.5 Å². The Kier molecular flexibility index (Phi) is 6.13. The van der Waals surface area contributed by atoms with Crippen LogP contribution in [-0.4, -0.2) is 51.7 Å². The first-order valence-corrected chi connectivity index (χ1v) is 11.0. The molecule has 3 aromatic rings. The minimum atomic E-state index is -0.632. The van der Waals surface area contributed by atoms with Crippen molar-refractivity contribution in [2.24, 2.45) is 0 Å². The summed E-state index contributed by atoms with van der Waals surface area (Å²) in [6.07, 6.45) is 1.54. The summed E-state index contributed by atoms with van der Waals surface area (Å²) in [5.41, 5.74) is 4.26. The Hall–Kier alpha value is -3.06. The number of rotatable bonds is 6. The molecule has 2 atom stereocenters. The fourth-order valence-corrected chi connectivity index (χ4v) is 4.24. The lowest BCUT2D eigenvalue weighted by molar-refractivity contribution is 0.118. The van der Waals surface area contributed by atoms with Crippen molar-refractivity contribution in [1.82, 2.24) is 14.3 Å². The number of nitrogens with zero attached hydrogens (tertiary/aromatic N) is 5. The normalized spacial score (nSPS) is 16.4. The van der Waals surface area contributed by atoms with E-state index in [-0.39, 0.29) is 11.7 Å². The average molecular weight is 422 g/mol. The molecule has 0 bridgehead atoms. The molecule has 0 aliphatic carbocycles. The standard InChI is InChI=1S/C24H31N5O2/c1-4-23(19(3)30)29-24(31)28(17-25-29)22-11-9-21(10-12-22)27-15-13-26(14-16-27)20-7-5-18(2)6-8-20/h5-12,17,19,23,30H,4,13-16H2,1-3H3. The number of anilines is 2. The lowest BCUT2D eigenvalue weighted by Gasteiger charge is -2.37. The van der Waals surface area contributed by atoms with Crippen molar-refractivity contribution in [2.75, 3.05) is 36.0 Å². The van der Waals surface area contributed by atoms with Crippen LogP contribution in [0.15, 0.2) is 59.7 Å². The zero-order chi connectivity index (χ0) is 22.0. The predicted molar refractivity (Wildman–Crippen MR) is 124 cm³/mol. The number of aromatic nitrogens is 3. The summed E-state index contributed by atoms with van der Waals surface area (Å²) >= 11 is 0. The van der Waals surface area contributed by atoms with Gasteiger partial charge in [0.1, 0.15) is 6.33 Å². The highest BCUT2D eigenvalue weighted by atomic mass is 16.3. The molecular weight excluding hydrogens is 390 g/mol. The van der Waals surface area contributed by atoms with E-state index in [1.54, 1.807) is 6.92 Å². The van der Waals surface area contributed by atoms with Crippen molar-refractivity contribution >= 4 is 11.4 Å². The van der Waals surface area contributed by atoms with Crippen molar-refractivity contribution in [1.29, 1.82) is 0 Å². The molecule has 0 amide bonds. The fraction of sp³-hybridized carbons (Fsp3) is 0.417. The van der Waals surface area contributed by atoms with Crippen molar-refractivity contribution in [2.45, 2.75) is 39.3 Å². The SMILES string of the molecule is CCC(C(C)O)n1ncn(-c2ccc(N3CCN(c4ccc(C)cc4)CC3)cc2)c1=O. The molecule has 164 valence electrons. The zero-order valence-corrected chi connectivity index (χ0v) is 18.5. The molecule has 1 N–H and O–H groups in total. The Labute approximate surface area is 183 Å². The van der Waals surface area contributed by atoms with Gasteiger partial charge in [0.05, 0.1) is 17.8 Å². The van der Waals surface area contributed by atoms with E-state index in [1.807, 2.05) is 19.1 Å². The van der Waals surface area contributed by atoms with Gasteiger partial charge < -0.3 is 14.9 Å². The van der Waals surface area contributed by atoms with E-state index < -0.39 is 6.10 Å². The van der Waals surface area contributed by atoms with Gasteiger partial charge in [-0.25, -0.2) is 14.0 Å². The molecule has 1 aliphatic rings. The monoisotopic (exact) mass is 421 g/mol. The molecule has 1 saturated heterocycles. The van der Waals surface area contributed by atoms with Crippen LogP contribution in [0.3, 0.4) is 0 Å². The second kappa shape index (κ2) is 8.98. The molecule has 1 aromatic heterocycles. The van der Waals surface area contributed by atoms with Gasteiger partial charge in [-0.1, -0.05) is 24.6 Å². The maximum atomic E-state index is 12.8. The van der Waals surface area contributed by atoms with Gasteiger partial charge >= 0.3 is 5.69 Å². The minimum Gasteiger partial charge on any atom is -0.391 e. The molecule has 0 saturated carbocycles. The highest BCUT2D eigenvalue weighted by Gasteiger charge is 2.21. The smallest absolute Gasteiger partial charge is 0.350 e. The Morgan fingerprint density at radius 1 is 0.903 bits per heavy atom. The molecule has 2 unspecified atom stereocenters. The Morgan fingerprint density at radius 3 is 1.87 bits per heavy atom. The first kappa shape index (κ1) is 21.2. The average Bonchev–Trinajstić information content (AvgIpc) is 3.16. The zero-order valence-electron chi connectivity index (χ0n) is 18.5. The quantitative estimate of drug-likeness (QED) is 0.663. The maximum absolute atomic E-state index is 12.8. The summed E-state index contributed by atoms with van der Waals surface area (Å²) in [6, 6.07) is 16.4. The first-order chi connectivity index (χ1) is 15.0. The number of benzene rings is 2. The molecule has 1 aliphatic heterocycles. The number of aliphatic hydroxyl groups is 1. The summed E-state index contributed by atoms with van der Waals surface area (Å²) in [6.45, 7) is 9.61. The van der Waals surface area contributed by atoms with Crippen LogP contribution >= 0.6 is 0 Å². The van der Waals surface area contributed by atoms with E-state index in [9.17, 15) is 9.90 Å². The number of aryl methyl sites for hydroxylation is 1. The second-order valence-corrected chi connectivity index (χ2v) is 8.27. The largest absolute Gasteiger partial charge is 0.391 e. The third-order valence-electron chi connectivity index (χ3n) is 6.15. The van der Waals surface area contributed by atoms with Crippen LogP contribution in [0, 0.1) is 6.92 Å². The summed E-state index contributed by atoms with van der Waals surface area (Å²) in [7, 11) is 0. The summed E-state index contributed by atoms with van der Waals surface area (Å²) in [5, 5.41) is 14.2. The van der Waals surface area contributed by atoms with E-state index in [4.69, 9.17) is 0 Å². The van der Waals surface area contributed by atoms with Gasteiger partial charge in [-0.15, -0.1) is 0 Å². The van der Waals surface area contributed by atoms with Gasteiger partial charge in [-0.05, 0) is 56.7 Å². The summed E-state index contributed by atoms with van der Waals surface area (Å²) in [4.78, 5) is 17.6. The molecule has 7 heteroatoms. The molecule has 7 nitrogen and oxygen atoms in total. The lowest BCUT2D eigenvalue weighted by atomic mass is 10.1. The lowest BCUT2D eigenvalue weighted by Crippen LogP contribution is -2.46. The van der Waals surface area contributed by atoms with E-state index in [0.717, 1.165) is 37.6 Å². The molecule has 1 fully saturated rings. The fourth-order valence-electron chi connectivity index (χ4n) is 4.24. The molecule has 2 heterocycles. The van der Waals surface area contributed by atoms with Crippen LogP contribution in [0.2, 0.25) is 0 Å². The number of hydrogen-bond acceptors (Lipinski definition) is 5. The summed E-state index contributed by atoms with van der Waals surface area (Å²) in [5.74, 6) is 0. The molecule has 0 spiro atoms. The molecule has 31 heavy (non-hydrogen) atoms. The van der Waals surface area contributed by atoms with E-state index in [1.165, 1.54) is 26.8 Å². The van der Waals surface area contributed by atoms with Gasteiger partial charge in [0.25, 0.3) is 0 Å². The molecule has 4 rings (SSSR count). The van der Waals surface area contributed by atoms with Crippen LogP contribution in [-0.2, 0) is 0 Å². The highest BCUT2D eigenvalue weighted by molar-refractivity contribution is 5.54. The third kappa shape index (κ3) is 4.37. The minimum absolute atomic E-state index is 0.229. The highest BCUT2D eigenvalue weighted by Crippen LogP contribution is 2.22. The van der Waals surface area contributed by atoms with Crippen LogP contribution in [0.4, 0.5) is 11.4 Å². The Morgan fingerprint density at radius 2 is 1.39 bits per heavy atom. The summed E-state index contributed by atoms with van der Waals surface area (Å²) < 4.78 is 2.91. The maximum Gasteiger partial charge on any atom is 0.350 e. The van der Waals surface area contributed by atoms with Crippen LogP contribution in [0.25, 0.3) is 5.69 Å². The van der Waals surface area contributed by atoms with Crippen molar-refractivity contribution in [3.63, 3.8) is 0 Å². The van der Waals surface area contributed by atoms with Gasteiger partial charge in [0.15, 0.2) is 0 Å². The van der Waals surface area contributed by atoms with E-state index in [0.29, 0.717) is 6.42 Å². The number of piperazine rings is 1. The molecular formula is C24H31N5O2. The Bertz CT molecular complexity index is 1040. The van der Waals surface area contributed by atoms with Crippen molar-refractivity contribution in [3.05, 3.63) is 70.9 Å². The van der Waals surface area contributed by atoms with Gasteiger partial charge in [0.2, 0.25) is 0 Å². The van der Waals surface area contributed by atoms with Crippen LogP contribution in [0.5, 0.6) is 0 Å². The second-order valence-electron chi connectivity index (χ2n) is 8.27. The van der Waals surface area contributed by atoms with Gasteiger partial charge in [0, 0.05) is 37.6 Å². The van der Waals surface area contributed by atoms with Crippen molar-refractivity contribution < 1.29 is 5.11 Å². The van der Waals surface area contributed by atoms with Gasteiger partial charge in [-0.2, -0.15) is 5.10 Å². The number of hydrogen-bond donors (Lipinski definition) is 1. The topological polar surface area (TPSA) is 66.5 Å². The predicted octanol–water partition coefficient (Wildman–Crippen LogP) is 3.00. The molecule has 2 aromatic carbocycles.